The molecule has 0 saturated heterocycles. The number of aryl methyl sites for hydroxylation is 1. The third-order valence-corrected chi connectivity index (χ3v) is 3.50. The maximum Gasteiger partial charge on any atom is 0.225 e. The maximum atomic E-state index is 6.05. The summed E-state index contributed by atoms with van der Waals surface area (Å²) < 4.78 is 5.33. The van der Waals surface area contributed by atoms with Crippen molar-refractivity contribution in [1.29, 1.82) is 0 Å². The lowest BCUT2D eigenvalue weighted by Crippen LogP contribution is -2.16. The van der Waals surface area contributed by atoms with E-state index in [-0.39, 0.29) is 0 Å². The summed E-state index contributed by atoms with van der Waals surface area (Å²) in [6, 6.07) is 7.60. The molecular formula is C16H21ClN4O. The van der Waals surface area contributed by atoms with E-state index in [1.54, 1.807) is 19.2 Å². The van der Waals surface area contributed by atoms with Crippen LogP contribution < -0.4 is 15.4 Å². The van der Waals surface area contributed by atoms with E-state index in [4.69, 9.17) is 16.3 Å². The van der Waals surface area contributed by atoms with E-state index in [0.29, 0.717) is 28.6 Å². The van der Waals surface area contributed by atoms with Crippen molar-refractivity contribution >= 4 is 29.1 Å². The lowest BCUT2D eigenvalue weighted by atomic mass is 10.2. The van der Waals surface area contributed by atoms with Gasteiger partial charge in [0, 0.05) is 22.8 Å². The zero-order valence-electron chi connectivity index (χ0n) is 13.3. The van der Waals surface area contributed by atoms with Crippen molar-refractivity contribution in [2.45, 2.75) is 33.2 Å². The van der Waals surface area contributed by atoms with Gasteiger partial charge in [-0.25, -0.2) is 4.98 Å². The molecule has 0 fully saturated rings. The topological polar surface area (TPSA) is 59.1 Å². The number of rotatable bonds is 6. The van der Waals surface area contributed by atoms with Gasteiger partial charge in [0.2, 0.25) is 5.95 Å². The van der Waals surface area contributed by atoms with E-state index in [1.807, 2.05) is 19.1 Å². The van der Waals surface area contributed by atoms with Gasteiger partial charge < -0.3 is 15.4 Å². The van der Waals surface area contributed by atoms with E-state index in [9.17, 15) is 0 Å². The smallest absolute Gasteiger partial charge is 0.225 e. The average molecular weight is 321 g/mol. The van der Waals surface area contributed by atoms with Crippen LogP contribution in [0, 0.1) is 6.92 Å². The molecular weight excluding hydrogens is 300 g/mol. The number of ether oxygens (including phenoxy) is 1. The predicted octanol–water partition coefficient (Wildman–Crippen LogP) is 4.40. The molecule has 0 radical (unpaired) electrons. The molecule has 1 unspecified atom stereocenters. The Morgan fingerprint density at radius 3 is 2.73 bits per heavy atom. The van der Waals surface area contributed by atoms with Crippen molar-refractivity contribution in [2.24, 2.45) is 0 Å². The standard InChI is InChI=1S/C16H21ClN4O/c1-5-10(2)18-16-19-11(3)8-15(21-16)20-13-9-12(17)6-7-14(13)22-4/h6-10H,5H2,1-4H3,(H2,18,19,20,21). The molecule has 1 heterocycles. The van der Waals surface area contributed by atoms with Crippen molar-refractivity contribution in [3.05, 3.63) is 35.0 Å². The predicted molar refractivity (Wildman–Crippen MR) is 91.4 cm³/mol. The number of nitrogens with one attached hydrogen (secondary N) is 2. The zero-order chi connectivity index (χ0) is 16.1. The van der Waals surface area contributed by atoms with Gasteiger partial charge in [-0.1, -0.05) is 18.5 Å². The number of halogens is 1. The Morgan fingerprint density at radius 2 is 2.05 bits per heavy atom. The van der Waals surface area contributed by atoms with Crippen molar-refractivity contribution in [1.82, 2.24) is 9.97 Å². The fourth-order valence-electron chi connectivity index (χ4n) is 1.94. The highest BCUT2D eigenvalue weighted by Gasteiger charge is 2.08. The summed E-state index contributed by atoms with van der Waals surface area (Å²) in [5.41, 5.74) is 1.65. The van der Waals surface area contributed by atoms with Gasteiger partial charge in [-0.05, 0) is 38.5 Å². The van der Waals surface area contributed by atoms with Crippen molar-refractivity contribution in [3.8, 4) is 5.75 Å². The minimum absolute atomic E-state index is 0.315. The monoisotopic (exact) mass is 320 g/mol. The Morgan fingerprint density at radius 1 is 1.27 bits per heavy atom. The highest BCUT2D eigenvalue weighted by molar-refractivity contribution is 6.31. The number of hydrogen-bond donors (Lipinski definition) is 2. The molecule has 1 aromatic heterocycles. The molecule has 2 rings (SSSR count). The average Bonchev–Trinajstić information content (AvgIpc) is 2.46. The first kappa shape index (κ1) is 16.4. The molecule has 118 valence electrons. The molecule has 2 N–H and O–H groups in total. The first-order chi connectivity index (χ1) is 10.5. The van der Waals surface area contributed by atoms with Crippen molar-refractivity contribution in [2.75, 3.05) is 17.7 Å². The van der Waals surface area contributed by atoms with E-state index >= 15 is 0 Å². The third kappa shape index (κ3) is 4.24. The third-order valence-electron chi connectivity index (χ3n) is 3.27. The van der Waals surface area contributed by atoms with Crippen LogP contribution >= 0.6 is 11.6 Å². The molecule has 0 bridgehead atoms. The lowest BCUT2D eigenvalue weighted by Gasteiger charge is -2.15. The van der Waals surface area contributed by atoms with Crippen LogP contribution in [0.4, 0.5) is 17.5 Å². The summed E-state index contributed by atoms with van der Waals surface area (Å²) in [6.07, 6.45) is 1.00. The number of anilines is 3. The molecule has 0 spiro atoms. The normalized spacial score (nSPS) is 11.9. The van der Waals surface area contributed by atoms with Gasteiger partial charge in [-0.3, -0.25) is 0 Å². The molecule has 0 aliphatic carbocycles. The summed E-state index contributed by atoms with van der Waals surface area (Å²) in [6.45, 7) is 6.14. The highest BCUT2D eigenvalue weighted by atomic mass is 35.5. The molecule has 22 heavy (non-hydrogen) atoms. The minimum Gasteiger partial charge on any atom is -0.495 e. The molecule has 2 aromatic rings. The molecule has 0 aliphatic rings. The summed E-state index contributed by atoms with van der Waals surface area (Å²) in [7, 11) is 1.62. The zero-order valence-corrected chi connectivity index (χ0v) is 14.0. The van der Waals surface area contributed by atoms with Gasteiger partial charge in [0.05, 0.1) is 12.8 Å². The molecule has 0 amide bonds. The van der Waals surface area contributed by atoms with Crippen LogP contribution in [0.25, 0.3) is 0 Å². The Bertz CT molecular complexity index is 648. The SMILES string of the molecule is CCC(C)Nc1nc(C)cc(Nc2cc(Cl)ccc2OC)n1. The van der Waals surface area contributed by atoms with E-state index in [0.717, 1.165) is 17.8 Å². The quantitative estimate of drug-likeness (QED) is 0.826. The Labute approximate surface area is 136 Å². The fraction of sp³-hybridized carbons (Fsp3) is 0.375. The second kappa shape index (κ2) is 7.31. The largest absolute Gasteiger partial charge is 0.495 e. The molecule has 5 nitrogen and oxygen atoms in total. The summed E-state index contributed by atoms with van der Waals surface area (Å²) in [4.78, 5) is 8.89. The fourth-order valence-corrected chi connectivity index (χ4v) is 2.11. The number of hydrogen-bond acceptors (Lipinski definition) is 5. The van der Waals surface area contributed by atoms with Crippen LogP contribution in [0.15, 0.2) is 24.3 Å². The second-order valence-corrected chi connectivity index (χ2v) is 5.58. The summed E-state index contributed by atoms with van der Waals surface area (Å²) >= 11 is 6.05. The van der Waals surface area contributed by atoms with Gasteiger partial charge in [-0.2, -0.15) is 4.98 Å². The van der Waals surface area contributed by atoms with Crippen molar-refractivity contribution < 1.29 is 4.74 Å². The molecule has 0 aliphatic heterocycles. The molecule has 6 heteroatoms. The number of methoxy groups -OCH3 is 1. The van der Waals surface area contributed by atoms with Crippen LogP contribution in [0.2, 0.25) is 5.02 Å². The summed E-state index contributed by atoms with van der Waals surface area (Å²) in [5, 5.41) is 7.15. The van der Waals surface area contributed by atoms with Crippen LogP contribution in [0.1, 0.15) is 26.0 Å². The Balaban J connectivity index is 2.28. The first-order valence-electron chi connectivity index (χ1n) is 7.24. The molecule has 1 atom stereocenters. The van der Waals surface area contributed by atoms with Crippen LogP contribution in [0.5, 0.6) is 5.75 Å². The van der Waals surface area contributed by atoms with E-state index in [2.05, 4.69) is 34.4 Å². The Kier molecular flexibility index (Phi) is 5.44. The molecule has 0 saturated carbocycles. The van der Waals surface area contributed by atoms with Crippen LogP contribution in [-0.4, -0.2) is 23.1 Å². The number of aromatic nitrogens is 2. The van der Waals surface area contributed by atoms with Crippen molar-refractivity contribution in [3.63, 3.8) is 0 Å². The van der Waals surface area contributed by atoms with Gasteiger partial charge in [0.15, 0.2) is 0 Å². The maximum absolute atomic E-state index is 6.05. The van der Waals surface area contributed by atoms with Crippen LogP contribution in [0.3, 0.4) is 0 Å². The van der Waals surface area contributed by atoms with E-state index in [1.165, 1.54) is 0 Å². The van der Waals surface area contributed by atoms with E-state index < -0.39 is 0 Å². The number of benzene rings is 1. The highest BCUT2D eigenvalue weighted by Crippen LogP contribution is 2.30. The lowest BCUT2D eigenvalue weighted by molar-refractivity contribution is 0.417. The first-order valence-corrected chi connectivity index (χ1v) is 7.62. The minimum atomic E-state index is 0.315. The second-order valence-electron chi connectivity index (χ2n) is 5.14. The van der Waals surface area contributed by atoms with Gasteiger partial charge >= 0.3 is 0 Å². The van der Waals surface area contributed by atoms with Gasteiger partial charge in [-0.15, -0.1) is 0 Å². The summed E-state index contributed by atoms with van der Waals surface area (Å²) in [5.74, 6) is 2.01. The van der Waals surface area contributed by atoms with Crippen LogP contribution in [-0.2, 0) is 0 Å². The molecule has 1 aromatic carbocycles. The van der Waals surface area contributed by atoms with Gasteiger partial charge in [0.1, 0.15) is 11.6 Å². The van der Waals surface area contributed by atoms with Gasteiger partial charge in [0.25, 0.3) is 0 Å². The Hall–Kier alpha value is -2.01. The number of nitrogens with zero attached hydrogens (tertiary/aromatic N) is 2.